The zero-order valence-electron chi connectivity index (χ0n) is 83.3. The zero-order chi connectivity index (χ0) is 94.2. The minimum atomic E-state index is -4.30. The second kappa shape index (κ2) is 62.0. The third kappa shape index (κ3) is 39.2. The third-order valence-electron chi connectivity index (χ3n) is 25.2. The van der Waals surface area contributed by atoms with Crippen LogP contribution in [0.5, 0.6) is 0 Å². The maximum absolute atomic E-state index is 10.6. The van der Waals surface area contributed by atoms with Crippen LogP contribution in [-0.2, 0) is 48.6 Å². The Labute approximate surface area is 889 Å². The summed E-state index contributed by atoms with van der Waals surface area (Å²) >= 11 is 1.87. The predicted molar refractivity (Wildman–Crippen MR) is 555 cm³/mol. The van der Waals surface area contributed by atoms with Crippen LogP contribution in [0.3, 0.4) is 0 Å². The van der Waals surface area contributed by atoms with E-state index < -0.39 is 10.1 Å². The molecular weight excluding hydrogens is 1820 g/mol. The molecule has 0 bridgehead atoms. The van der Waals surface area contributed by atoms with Gasteiger partial charge in [0, 0.05) is 119 Å². The molecule has 0 saturated heterocycles. The smallest absolute Gasteiger partial charge is 1.00 e. The summed E-state index contributed by atoms with van der Waals surface area (Å²) in [6.07, 6.45) is 33.5. The molecule has 10 nitrogen and oxygen atoms in total. The van der Waals surface area contributed by atoms with Crippen molar-refractivity contribution in [3.05, 3.63) is 444 Å². The molecule has 0 fully saturated rings. The number of aromatic nitrogens is 5. The van der Waals surface area contributed by atoms with Gasteiger partial charge in [0.2, 0.25) is 0 Å². The van der Waals surface area contributed by atoms with E-state index in [9.17, 15) is 13.0 Å². The average molecular weight is 1960 g/mol. The van der Waals surface area contributed by atoms with Crippen molar-refractivity contribution in [2.45, 2.75) is 205 Å². The number of hydrogen-bond acceptors (Lipinski definition) is 6. The monoisotopic (exact) mass is 1960 g/mol. The van der Waals surface area contributed by atoms with Crippen molar-refractivity contribution in [1.29, 1.82) is 0 Å². The Morgan fingerprint density at radius 1 is 0.346 bits per heavy atom. The second-order valence-corrected chi connectivity index (χ2v) is 37.8. The van der Waals surface area contributed by atoms with Crippen molar-refractivity contribution < 1.29 is 132 Å². The van der Waals surface area contributed by atoms with E-state index in [0.29, 0.717) is 35.5 Å². The average Bonchev–Trinajstić information content (AvgIpc) is 0.791. The fraction of sp³-hybridized carbons (Fsp3) is 0.286. The molecule has 0 spiro atoms. The van der Waals surface area contributed by atoms with Crippen LogP contribution in [0.4, 0.5) is 11.4 Å². The van der Waals surface area contributed by atoms with Crippen LogP contribution in [0.15, 0.2) is 371 Å². The molecule has 136 heavy (non-hydrogen) atoms. The maximum atomic E-state index is 10.6. The first kappa shape index (κ1) is 119. The van der Waals surface area contributed by atoms with Gasteiger partial charge in [0.1, 0.15) is 22.4 Å². The van der Waals surface area contributed by atoms with Crippen molar-refractivity contribution in [2.24, 2.45) is 0 Å². The first-order valence-corrected chi connectivity index (χ1v) is 49.2. The molecule has 5 aromatic heterocycles. The second-order valence-electron chi connectivity index (χ2n) is 35.4. The van der Waals surface area contributed by atoms with Gasteiger partial charge >= 0.3 is 51.4 Å². The van der Waals surface area contributed by atoms with E-state index in [1.807, 2.05) is 54.5 Å². The van der Waals surface area contributed by atoms with Crippen LogP contribution in [0, 0.1) is 0 Å². The Bertz CT molecular complexity index is 5830. The molecule has 6 atom stereocenters. The van der Waals surface area contributed by atoms with Gasteiger partial charge in [-0.3, -0.25) is 9.47 Å². The van der Waals surface area contributed by atoms with Crippen molar-refractivity contribution in [2.75, 3.05) is 33.1 Å². The molecule has 14 rings (SSSR count). The van der Waals surface area contributed by atoms with E-state index in [2.05, 4.69) is 451 Å². The molecule has 0 amide bonds. The molecule has 14 aromatic rings. The fourth-order valence-electron chi connectivity index (χ4n) is 14.8. The molecule has 17 heteroatoms. The van der Waals surface area contributed by atoms with Crippen LogP contribution in [-0.4, -0.2) is 46.1 Å². The Morgan fingerprint density at radius 2 is 0.588 bits per heavy atom. The number of benzene rings is 9. The molecule has 0 saturated carbocycles. The quantitative estimate of drug-likeness (QED) is 0.0134. The van der Waals surface area contributed by atoms with Gasteiger partial charge in [0.15, 0.2) is 75.8 Å². The van der Waals surface area contributed by atoms with Crippen LogP contribution in [0.1, 0.15) is 241 Å². The van der Waals surface area contributed by atoms with E-state index in [1.54, 1.807) is 12.1 Å². The van der Waals surface area contributed by atoms with Crippen molar-refractivity contribution in [3.63, 3.8) is 0 Å². The van der Waals surface area contributed by atoms with Gasteiger partial charge in [0.25, 0.3) is 0 Å². The zero-order valence-corrected chi connectivity index (χ0v) is 91.1. The number of nitrogens with zero attached hydrogens (tertiary/aromatic N) is 7. The third-order valence-corrected chi connectivity index (χ3v) is 27.1. The number of rotatable bonds is 33. The van der Waals surface area contributed by atoms with Gasteiger partial charge in [-0.25, -0.2) is 26.7 Å². The minimum absolute atomic E-state index is 0. The summed E-state index contributed by atoms with van der Waals surface area (Å²) in [7, 11) is 4.36. The van der Waals surface area contributed by atoms with E-state index in [0.717, 1.165) is 60.5 Å². The van der Waals surface area contributed by atoms with Crippen molar-refractivity contribution >= 4 is 51.5 Å². The van der Waals surface area contributed by atoms with Crippen LogP contribution in [0.2, 0.25) is 0 Å². The maximum Gasteiger partial charge on any atom is 1.00 e. The Kier molecular flexibility index (Phi) is 54.2. The number of anilines is 1. The number of hydrogen-bond donors (Lipinski definition) is 0. The topological polar surface area (TPSA) is 88.8 Å². The molecule has 0 radical (unpaired) electrons. The molecule has 0 aliphatic rings. The van der Waals surface area contributed by atoms with Crippen molar-refractivity contribution in [1.82, 2.24) is 9.47 Å². The molecule has 712 valence electrons. The minimum Gasteiger partial charge on any atom is -1.00 e. The molecule has 0 aliphatic carbocycles. The van der Waals surface area contributed by atoms with E-state index >= 15 is 0 Å². The summed E-state index contributed by atoms with van der Waals surface area (Å²) in [5.74, 6) is 4.58. The number of quaternary nitrogens is 1. The summed E-state index contributed by atoms with van der Waals surface area (Å²) in [5, 5.41) is 0. The van der Waals surface area contributed by atoms with Crippen LogP contribution < -0.4 is 129 Å². The number of thioether (sulfide) groups is 1. The van der Waals surface area contributed by atoms with E-state index in [1.165, 1.54) is 155 Å². The molecule has 5 heterocycles. The van der Waals surface area contributed by atoms with Gasteiger partial charge in [-0.15, -0.1) is 11.8 Å². The van der Waals surface area contributed by atoms with Gasteiger partial charge in [0.05, 0.1) is 19.0 Å². The summed E-state index contributed by atoms with van der Waals surface area (Å²) in [6.45, 7) is 42.7. The normalized spacial score (nSPS) is 11.9. The first-order chi connectivity index (χ1) is 63.1. The first-order valence-electron chi connectivity index (χ1n) is 46.8. The summed E-state index contributed by atoms with van der Waals surface area (Å²) in [5.41, 5.74) is 27.2. The Balaban J connectivity index is 0.000000346. The van der Waals surface area contributed by atoms with Gasteiger partial charge in [-0.2, -0.15) is 0 Å². The number of pyridine rings is 5. The fourth-order valence-corrected chi connectivity index (χ4v) is 16.1. The van der Waals surface area contributed by atoms with Crippen LogP contribution in [0.25, 0.3) is 40.5 Å². The van der Waals surface area contributed by atoms with E-state index in [-0.39, 0.29) is 106 Å². The summed E-state index contributed by atoms with van der Waals surface area (Å²) in [4.78, 5) is 7.32. The van der Waals surface area contributed by atoms with Gasteiger partial charge in [-0.1, -0.05) is 303 Å². The van der Waals surface area contributed by atoms with Crippen LogP contribution >= 0.6 is 11.8 Å². The number of halogens is 4. The van der Waals surface area contributed by atoms with E-state index in [4.69, 9.17) is 0 Å². The van der Waals surface area contributed by atoms with Gasteiger partial charge in [-0.05, 0) is 200 Å². The van der Waals surface area contributed by atoms with Gasteiger partial charge < -0.3 is 59.1 Å². The molecule has 9 aromatic carbocycles. The van der Waals surface area contributed by atoms with Crippen molar-refractivity contribution in [3.8, 4) is 22.3 Å². The Morgan fingerprint density at radius 3 is 0.860 bits per heavy atom. The molecule has 6 unspecified atom stereocenters. The SMILES string of the molecule is C=Cc1ccc(CSc2cc[n+](Cc3ccc(C(C)CC)cc3)cc2)cc1.C=Cc1ccc(C[N+](C)(C)c2ccc(C(C)CC)cc2)cc1.C=Cc1ccc(C[n+]2ccc(-c3cc[n+](Cc4ccc(C(C)CC)cc4)cc3)cc2)cc1.CCC(C)c1ccc(C[n+]2ccc(-c3ccncc3)cc2)cc1.CCC(C)c1ccc(N(C)C)cc1.CCC(C)c1ccc(S(=O)(=O)[O-])cc1.[Cl-].[Cl-].[Cl-].[Cl-].[K+]. The molecule has 0 N–H and O–H groups in total. The molecular formula is C119H143Cl4KN7O3S2+. The summed E-state index contributed by atoms with van der Waals surface area (Å²) in [6, 6.07) is 98.5. The molecule has 0 aliphatic heterocycles. The standard InChI is InChI=1S/C30H32N2.C25H28NS.C21H23N2.C21H28N.C12H19N.C10H14O3S.4ClH.K/c1-4-24(3)28-12-10-27(11-13-28)23-32-20-16-30(17-21-32)29-14-18-31(19-15-29)22-26-8-6-25(5-2)7-9-26;1-4-20(3)24-12-10-22(11-13-24)18-26-16-14-25(15-17-26)27-19-23-8-6-21(5-2)7-9-23;1-3-17(2)19-6-4-18(5-7-19)16-23-14-10-21(11-15-23)20-8-12-22-13-9-20;1-6-17(3)20-12-14-21(15-13-20)22(4,5)16-19-10-8-18(7-2)9-11-19;1-5-10(2)11-6-8-12(9-7-11)13(3)4;1-3-8(2)9-4-6-10(7-5-9)14(11,12)13;;;;;/h5-21,24H,2,4,22-23H2,1,3H3;5-17,20H,2,4,18-19H2,1,3H3;4-15,17H,3,16H2,1-2H3;7-15,17H,2,6,16H2,1,3-5H3;6-10H,5H2,1-4H3;4-8H,3H2,1-2H3,(H,11,12,13);4*1H;/q+2;3*+1;;;;;;;+1/p-5. The summed E-state index contributed by atoms with van der Waals surface area (Å²) < 4.78 is 41.6. The predicted octanol–water partition coefficient (Wildman–Crippen LogP) is 13.3. The largest absolute Gasteiger partial charge is 1.00 e. The Hall–Kier alpha value is -9.23.